The Balaban J connectivity index is 2.12. The number of amides is 1. The van der Waals surface area contributed by atoms with Gasteiger partial charge in [0, 0.05) is 16.8 Å². The number of hydrogen-bond donors (Lipinski definition) is 3. The van der Waals surface area contributed by atoms with E-state index in [9.17, 15) is 9.90 Å². The summed E-state index contributed by atoms with van der Waals surface area (Å²) in [5.41, 5.74) is 1.05. The molecule has 5 nitrogen and oxygen atoms in total. The smallest absolute Gasteiger partial charge is 0.255 e. The van der Waals surface area contributed by atoms with Crippen molar-refractivity contribution in [3.63, 3.8) is 0 Å². The van der Waals surface area contributed by atoms with Crippen LogP contribution in [-0.4, -0.2) is 21.2 Å². The molecule has 0 bridgehead atoms. The second-order valence-electron chi connectivity index (χ2n) is 3.89. The fourth-order valence-corrected chi connectivity index (χ4v) is 1.72. The number of aromatic hydroxyl groups is 1. The number of H-pyrrole nitrogens is 1. The van der Waals surface area contributed by atoms with E-state index in [-0.39, 0.29) is 23.3 Å². The number of halogens is 1. The lowest BCUT2D eigenvalue weighted by molar-refractivity contribution is 0.0937. The van der Waals surface area contributed by atoms with Gasteiger partial charge in [-0.25, -0.2) is 0 Å². The Hall–Kier alpha value is -2.01. The van der Waals surface area contributed by atoms with Crippen LogP contribution in [0.4, 0.5) is 0 Å². The minimum atomic E-state index is -0.363. The molecule has 0 aliphatic rings. The number of benzene rings is 1. The van der Waals surface area contributed by atoms with E-state index in [0.717, 1.165) is 5.56 Å². The fraction of sp³-hybridized carbons (Fsp3) is 0.167. The Bertz CT molecular complexity index is 554. The molecule has 0 aliphatic carbocycles. The molecule has 0 saturated heterocycles. The second-order valence-corrected chi connectivity index (χ2v) is 4.32. The van der Waals surface area contributed by atoms with Crippen molar-refractivity contribution in [3.8, 4) is 5.75 Å². The Morgan fingerprint density at radius 1 is 1.56 bits per heavy atom. The third-order valence-corrected chi connectivity index (χ3v) is 2.81. The monoisotopic (exact) mass is 265 g/mol. The molecule has 0 spiro atoms. The summed E-state index contributed by atoms with van der Waals surface area (Å²) in [5, 5.41) is 19.3. The minimum Gasteiger partial charge on any atom is -0.507 e. The van der Waals surface area contributed by atoms with Gasteiger partial charge < -0.3 is 10.4 Å². The summed E-state index contributed by atoms with van der Waals surface area (Å²) in [6.45, 7) is 1.83. The van der Waals surface area contributed by atoms with E-state index in [0.29, 0.717) is 5.02 Å². The van der Waals surface area contributed by atoms with Gasteiger partial charge in [-0.05, 0) is 25.1 Å². The van der Waals surface area contributed by atoms with Gasteiger partial charge in [-0.1, -0.05) is 11.6 Å². The normalized spacial score (nSPS) is 12.1. The topological polar surface area (TPSA) is 78.0 Å². The number of carbonyl (C=O) groups is 1. The molecule has 2 aromatic rings. The third kappa shape index (κ3) is 2.62. The Morgan fingerprint density at radius 2 is 2.33 bits per heavy atom. The van der Waals surface area contributed by atoms with E-state index in [2.05, 4.69) is 15.5 Å². The highest BCUT2D eigenvalue weighted by Crippen LogP contribution is 2.22. The van der Waals surface area contributed by atoms with Gasteiger partial charge in [-0.2, -0.15) is 5.10 Å². The quantitative estimate of drug-likeness (QED) is 0.797. The average Bonchev–Trinajstić information content (AvgIpc) is 2.81. The van der Waals surface area contributed by atoms with Gasteiger partial charge in [0.15, 0.2) is 0 Å². The molecule has 0 saturated carbocycles. The molecule has 0 radical (unpaired) electrons. The Morgan fingerprint density at radius 3 is 2.94 bits per heavy atom. The number of nitrogens with one attached hydrogen (secondary N) is 2. The summed E-state index contributed by atoms with van der Waals surface area (Å²) in [4.78, 5) is 11.9. The van der Waals surface area contributed by atoms with E-state index in [4.69, 9.17) is 11.6 Å². The largest absolute Gasteiger partial charge is 0.507 e. The van der Waals surface area contributed by atoms with Crippen molar-refractivity contribution < 1.29 is 9.90 Å². The first-order valence-electron chi connectivity index (χ1n) is 5.36. The van der Waals surface area contributed by atoms with Crippen molar-refractivity contribution in [3.05, 3.63) is 46.7 Å². The highest BCUT2D eigenvalue weighted by atomic mass is 35.5. The zero-order chi connectivity index (χ0) is 13.1. The molecule has 1 heterocycles. The molecule has 6 heteroatoms. The highest BCUT2D eigenvalue weighted by molar-refractivity contribution is 6.30. The van der Waals surface area contributed by atoms with Crippen LogP contribution in [0.3, 0.4) is 0 Å². The molecular formula is C12H12ClN3O2. The SMILES string of the molecule is CC(NC(=O)c1ccc(Cl)cc1O)c1cn[nH]c1. The number of aromatic amines is 1. The number of phenolic OH excluding ortho intramolecular Hbond substituents is 1. The van der Waals surface area contributed by atoms with Crippen molar-refractivity contribution in [2.75, 3.05) is 0 Å². The zero-order valence-electron chi connectivity index (χ0n) is 9.64. The molecule has 1 aromatic heterocycles. The zero-order valence-corrected chi connectivity index (χ0v) is 10.4. The summed E-state index contributed by atoms with van der Waals surface area (Å²) in [6, 6.07) is 4.17. The average molecular weight is 266 g/mol. The van der Waals surface area contributed by atoms with Gasteiger partial charge in [-0.3, -0.25) is 9.89 Å². The van der Waals surface area contributed by atoms with Crippen LogP contribution in [-0.2, 0) is 0 Å². The predicted molar refractivity (Wildman–Crippen MR) is 67.6 cm³/mol. The van der Waals surface area contributed by atoms with Crippen molar-refractivity contribution in [1.29, 1.82) is 0 Å². The van der Waals surface area contributed by atoms with Gasteiger partial charge in [0.2, 0.25) is 0 Å². The van der Waals surface area contributed by atoms with Crippen LogP contribution in [0.5, 0.6) is 5.75 Å². The summed E-state index contributed by atoms with van der Waals surface area (Å²) >= 11 is 5.70. The van der Waals surface area contributed by atoms with Crippen LogP contribution in [0, 0.1) is 0 Å². The molecule has 1 aromatic carbocycles. The molecule has 1 amide bonds. The van der Waals surface area contributed by atoms with E-state index < -0.39 is 0 Å². The van der Waals surface area contributed by atoms with Gasteiger partial charge in [0.25, 0.3) is 5.91 Å². The van der Waals surface area contributed by atoms with Crippen molar-refractivity contribution in [2.45, 2.75) is 13.0 Å². The lowest BCUT2D eigenvalue weighted by atomic mass is 10.1. The molecule has 94 valence electrons. The maximum atomic E-state index is 11.9. The maximum Gasteiger partial charge on any atom is 0.255 e. The van der Waals surface area contributed by atoms with Crippen molar-refractivity contribution >= 4 is 17.5 Å². The first kappa shape index (κ1) is 12.4. The minimum absolute atomic E-state index is 0.139. The Kier molecular flexibility index (Phi) is 3.53. The van der Waals surface area contributed by atoms with Crippen LogP contribution in [0.15, 0.2) is 30.6 Å². The molecular weight excluding hydrogens is 254 g/mol. The van der Waals surface area contributed by atoms with Gasteiger partial charge >= 0.3 is 0 Å². The van der Waals surface area contributed by atoms with Crippen LogP contribution < -0.4 is 5.32 Å². The molecule has 2 rings (SSSR count). The van der Waals surface area contributed by atoms with Gasteiger partial charge in [0.1, 0.15) is 5.75 Å². The van der Waals surface area contributed by atoms with Crippen LogP contribution in [0.25, 0.3) is 0 Å². The third-order valence-electron chi connectivity index (χ3n) is 2.57. The van der Waals surface area contributed by atoms with Crippen LogP contribution in [0.2, 0.25) is 5.02 Å². The molecule has 1 unspecified atom stereocenters. The van der Waals surface area contributed by atoms with Crippen LogP contribution in [0.1, 0.15) is 28.9 Å². The number of carbonyl (C=O) groups excluding carboxylic acids is 1. The van der Waals surface area contributed by atoms with Gasteiger partial charge in [-0.15, -0.1) is 0 Å². The number of phenols is 1. The molecule has 1 atom stereocenters. The number of rotatable bonds is 3. The summed E-state index contributed by atoms with van der Waals surface area (Å²) in [5.74, 6) is -0.503. The van der Waals surface area contributed by atoms with Crippen molar-refractivity contribution in [2.24, 2.45) is 0 Å². The predicted octanol–water partition coefficient (Wildman–Crippen LogP) is 2.26. The van der Waals surface area contributed by atoms with E-state index in [1.54, 1.807) is 18.5 Å². The molecule has 0 fully saturated rings. The fourth-order valence-electron chi connectivity index (χ4n) is 1.55. The van der Waals surface area contributed by atoms with Crippen LogP contribution >= 0.6 is 11.6 Å². The first-order chi connectivity index (χ1) is 8.58. The lowest BCUT2D eigenvalue weighted by Gasteiger charge is -2.12. The number of nitrogens with zero attached hydrogens (tertiary/aromatic N) is 1. The van der Waals surface area contributed by atoms with E-state index in [1.165, 1.54) is 12.1 Å². The van der Waals surface area contributed by atoms with Gasteiger partial charge in [0.05, 0.1) is 17.8 Å². The Labute approximate surface area is 109 Å². The van der Waals surface area contributed by atoms with E-state index in [1.807, 2.05) is 6.92 Å². The molecule has 18 heavy (non-hydrogen) atoms. The highest BCUT2D eigenvalue weighted by Gasteiger charge is 2.15. The maximum absolute atomic E-state index is 11.9. The van der Waals surface area contributed by atoms with E-state index >= 15 is 0 Å². The second kappa shape index (κ2) is 5.10. The summed E-state index contributed by atoms with van der Waals surface area (Å²) in [6.07, 6.45) is 3.33. The number of aromatic nitrogens is 2. The lowest BCUT2D eigenvalue weighted by Crippen LogP contribution is -2.26. The summed E-state index contributed by atoms with van der Waals surface area (Å²) in [7, 11) is 0. The first-order valence-corrected chi connectivity index (χ1v) is 5.74. The summed E-state index contributed by atoms with van der Waals surface area (Å²) < 4.78 is 0. The number of hydrogen-bond acceptors (Lipinski definition) is 3. The molecule has 0 aliphatic heterocycles. The molecule has 3 N–H and O–H groups in total. The standard InChI is InChI=1S/C12H12ClN3O2/c1-7(8-5-14-15-6-8)16-12(18)10-3-2-9(13)4-11(10)17/h2-7,17H,1H3,(H,14,15)(H,16,18). The van der Waals surface area contributed by atoms with Crippen molar-refractivity contribution in [1.82, 2.24) is 15.5 Å².